The van der Waals surface area contributed by atoms with Crippen LogP contribution in [0.15, 0.2) is 36.4 Å². The number of benzene rings is 2. The molecule has 0 radical (unpaired) electrons. The topological polar surface area (TPSA) is 78.5 Å². The van der Waals surface area contributed by atoms with Crippen LogP contribution in [0.5, 0.6) is 0 Å². The van der Waals surface area contributed by atoms with Gasteiger partial charge in [-0.2, -0.15) is 13.2 Å². The first-order valence-electron chi connectivity index (χ1n) is 9.43. The molecule has 0 bridgehead atoms. The van der Waals surface area contributed by atoms with Crippen molar-refractivity contribution in [3.05, 3.63) is 64.5 Å². The highest BCUT2D eigenvalue weighted by molar-refractivity contribution is 6.07. The predicted molar refractivity (Wildman–Crippen MR) is 102 cm³/mol. The van der Waals surface area contributed by atoms with Crippen LogP contribution in [0.25, 0.3) is 0 Å². The molecule has 0 aromatic heterocycles. The molecule has 4 rings (SSSR count). The van der Waals surface area contributed by atoms with E-state index in [0.29, 0.717) is 42.4 Å². The van der Waals surface area contributed by atoms with E-state index in [0.717, 1.165) is 0 Å². The van der Waals surface area contributed by atoms with Crippen LogP contribution >= 0.6 is 0 Å². The van der Waals surface area contributed by atoms with Gasteiger partial charge in [0, 0.05) is 48.3 Å². The molecule has 2 aromatic rings. The van der Waals surface area contributed by atoms with Gasteiger partial charge in [0.05, 0.1) is 11.6 Å². The summed E-state index contributed by atoms with van der Waals surface area (Å²) >= 11 is 0. The Kier molecular flexibility index (Phi) is 4.95. The maximum Gasteiger partial charge on any atom is 0.416 e. The van der Waals surface area contributed by atoms with Crippen molar-refractivity contribution in [1.82, 2.24) is 10.2 Å². The first kappa shape index (κ1) is 20.8. The molecule has 2 aromatic carbocycles. The molecule has 0 saturated carbocycles. The Labute approximate surface area is 174 Å². The van der Waals surface area contributed by atoms with E-state index in [9.17, 15) is 31.9 Å². The number of hydrogen-bond acceptors (Lipinski definition) is 3. The minimum absolute atomic E-state index is 0.0712. The van der Waals surface area contributed by atoms with E-state index in [1.807, 2.05) is 0 Å². The molecule has 1 unspecified atom stereocenters. The predicted octanol–water partition coefficient (Wildman–Crippen LogP) is 3.36. The van der Waals surface area contributed by atoms with E-state index in [-0.39, 0.29) is 23.4 Å². The fourth-order valence-electron chi connectivity index (χ4n) is 3.91. The Morgan fingerprint density at radius 2 is 1.87 bits per heavy atom. The molecule has 2 aliphatic rings. The van der Waals surface area contributed by atoms with Gasteiger partial charge in [0.15, 0.2) is 0 Å². The number of nitrogens with one attached hydrogen (secondary N) is 2. The molecule has 10 heteroatoms. The maximum absolute atomic E-state index is 13.7. The highest BCUT2D eigenvalue weighted by Gasteiger charge is 2.42. The monoisotopic (exact) mass is 435 g/mol. The standard InChI is InChI=1S/C21H17F4N3O3/c1-10(29)28-8-12(9-28)18-17-15(20(31)27-18)3-2-4-16(17)26-19(30)11-5-13(21(23,24)25)7-14(22)6-11/h2-7,12,18H,8-9H2,1H3,(H,26,30)(H,27,31). The van der Waals surface area contributed by atoms with Gasteiger partial charge in [0.25, 0.3) is 11.8 Å². The van der Waals surface area contributed by atoms with Gasteiger partial charge in [-0.3, -0.25) is 14.4 Å². The smallest absolute Gasteiger partial charge is 0.345 e. The van der Waals surface area contributed by atoms with E-state index >= 15 is 0 Å². The van der Waals surface area contributed by atoms with Crippen molar-refractivity contribution in [2.45, 2.75) is 19.1 Å². The number of carbonyl (C=O) groups is 3. The zero-order valence-electron chi connectivity index (χ0n) is 16.2. The lowest BCUT2D eigenvalue weighted by atomic mass is 9.86. The third-order valence-corrected chi connectivity index (χ3v) is 5.51. The Morgan fingerprint density at radius 1 is 1.16 bits per heavy atom. The summed E-state index contributed by atoms with van der Waals surface area (Å²) < 4.78 is 52.6. The summed E-state index contributed by atoms with van der Waals surface area (Å²) in [5.41, 5.74) is -0.694. The second-order valence-electron chi connectivity index (χ2n) is 7.58. The van der Waals surface area contributed by atoms with Crippen molar-refractivity contribution in [3.8, 4) is 0 Å². The Morgan fingerprint density at radius 3 is 2.52 bits per heavy atom. The quantitative estimate of drug-likeness (QED) is 0.726. The molecular weight excluding hydrogens is 418 g/mol. The first-order valence-corrected chi connectivity index (χ1v) is 9.43. The second-order valence-corrected chi connectivity index (χ2v) is 7.58. The number of likely N-dealkylation sites (tertiary alicyclic amines) is 1. The summed E-state index contributed by atoms with van der Waals surface area (Å²) in [4.78, 5) is 38.1. The molecule has 31 heavy (non-hydrogen) atoms. The number of rotatable bonds is 3. The number of hydrogen-bond donors (Lipinski definition) is 2. The maximum atomic E-state index is 13.7. The van der Waals surface area contributed by atoms with Crippen molar-refractivity contribution in [2.75, 3.05) is 18.4 Å². The molecule has 0 aliphatic carbocycles. The lowest BCUT2D eigenvalue weighted by Gasteiger charge is -2.42. The van der Waals surface area contributed by atoms with Crippen LogP contribution in [0.4, 0.5) is 23.2 Å². The van der Waals surface area contributed by atoms with Gasteiger partial charge in [-0.25, -0.2) is 4.39 Å². The summed E-state index contributed by atoms with van der Waals surface area (Å²) in [5, 5.41) is 5.34. The molecule has 2 N–H and O–H groups in total. The zero-order valence-corrected chi connectivity index (χ0v) is 16.2. The number of alkyl halides is 3. The van der Waals surface area contributed by atoms with Gasteiger partial charge in [0.2, 0.25) is 5.91 Å². The molecule has 1 fully saturated rings. The number of anilines is 1. The first-order chi connectivity index (χ1) is 14.5. The second kappa shape index (κ2) is 7.36. The fraction of sp³-hybridized carbons (Fsp3) is 0.286. The van der Waals surface area contributed by atoms with Crippen molar-refractivity contribution < 1.29 is 31.9 Å². The van der Waals surface area contributed by atoms with Crippen LogP contribution in [-0.2, 0) is 11.0 Å². The number of carbonyl (C=O) groups excluding carboxylic acids is 3. The summed E-state index contributed by atoms with van der Waals surface area (Å²) in [6.45, 7) is 2.30. The Balaban J connectivity index is 1.63. The molecule has 2 aliphatic heterocycles. The van der Waals surface area contributed by atoms with Crippen LogP contribution < -0.4 is 10.6 Å². The number of nitrogens with zero attached hydrogens (tertiary/aromatic N) is 1. The molecule has 0 spiro atoms. The minimum atomic E-state index is -4.81. The van der Waals surface area contributed by atoms with E-state index in [2.05, 4.69) is 10.6 Å². The Hall–Kier alpha value is -3.43. The zero-order chi connectivity index (χ0) is 22.5. The SMILES string of the molecule is CC(=O)N1CC(C2NC(=O)c3cccc(NC(=O)c4cc(F)cc(C(F)(F)F)c4)c32)C1. The van der Waals surface area contributed by atoms with Gasteiger partial charge in [0.1, 0.15) is 5.82 Å². The van der Waals surface area contributed by atoms with Crippen molar-refractivity contribution in [2.24, 2.45) is 5.92 Å². The number of amides is 3. The molecule has 162 valence electrons. The van der Waals surface area contributed by atoms with Gasteiger partial charge >= 0.3 is 6.18 Å². The summed E-state index contributed by atoms with van der Waals surface area (Å²) in [7, 11) is 0. The minimum Gasteiger partial charge on any atom is -0.345 e. The van der Waals surface area contributed by atoms with Crippen LogP contribution in [0.1, 0.15) is 44.8 Å². The normalized spacial score (nSPS) is 18.3. The highest BCUT2D eigenvalue weighted by Crippen LogP contribution is 2.40. The van der Waals surface area contributed by atoms with Gasteiger partial charge in [-0.15, -0.1) is 0 Å². The number of fused-ring (bicyclic) bond motifs is 1. The van der Waals surface area contributed by atoms with Crippen LogP contribution in [-0.4, -0.2) is 35.7 Å². The Bertz CT molecular complexity index is 1090. The van der Waals surface area contributed by atoms with Gasteiger partial charge in [-0.1, -0.05) is 6.07 Å². The summed E-state index contributed by atoms with van der Waals surface area (Å²) in [5.74, 6) is -2.63. The lowest BCUT2D eigenvalue weighted by Crippen LogP contribution is -2.53. The molecule has 6 nitrogen and oxygen atoms in total. The largest absolute Gasteiger partial charge is 0.416 e. The van der Waals surface area contributed by atoms with Crippen molar-refractivity contribution in [1.29, 1.82) is 0 Å². The molecule has 3 amide bonds. The van der Waals surface area contributed by atoms with E-state index in [4.69, 9.17) is 0 Å². The van der Waals surface area contributed by atoms with E-state index in [1.165, 1.54) is 19.1 Å². The highest BCUT2D eigenvalue weighted by atomic mass is 19.4. The third kappa shape index (κ3) is 3.85. The summed E-state index contributed by atoms with van der Waals surface area (Å²) in [6.07, 6.45) is -4.81. The van der Waals surface area contributed by atoms with Crippen molar-refractivity contribution >= 4 is 23.4 Å². The van der Waals surface area contributed by atoms with E-state index < -0.39 is 35.1 Å². The van der Waals surface area contributed by atoms with Gasteiger partial charge in [-0.05, 0) is 30.3 Å². The van der Waals surface area contributed by atoms with Crippen LogP contribution in [0.3, 0.4) is 0 Å². The molecule has 1 saturated heterocycles. The molecule has 1 atom stereocenters. The lowest BCUT2D eigenvalue weighted by molar-refractivity contribution is -0.138. The summed E-state index contributed by atoms with van der Waals surface area (Å²) in [6, 6.07) is 5.76. The fourth-order valence-corrected chi connectivity index (χ4v) is 3.91. The average molecular weight is 435 g/mol. The molecular formula is C21H17F4N3O3. The van der Waals surface area contributed by atoms with Crippen molar-refractivity contribution in [3.63, 3.8) is 0 Å². The van der Waals surface area contributed by atoms with Crippen LogP contribution in [0, 0.1) is 11.7 Å². The van der Waals surface area contributed by atoms with Crippen LogP contribution in [0.2, 0.25) is 0 Å². The third-order valence-electron chi connectivity index (χ3n) is 5.51. The number of halogens is 4. The van der Waals surface area contributed by atoms with Gasteiger partial charge < -0.3 is 15.5 Å². The van der Waals surface area contributed by atoms with E-state index in [1.54, 1.807) is 11.0 Å². The average Bonchev–Trinajstić information content (AvgIpc) is 2.96. The molecule has 2 heterocycles.